The van der Waals surface area contributed by atoms with E-state index in [2.05, 4.69) is 10.1 Å². The SMILES string of the molecule is CC(C)(COCCC(=O)Oc1c(F)c(F)c(F)c(F)c1F)COC(C)(C)CNC(=O)CCN1C(=O)C=CC1=O. The highest BCUT2D eigenvalue weighted by molar-refractivity contribution is 6.13. The molecule has 3 amide bonds. The number of benzene rings is 1. The lowest BCUT2D eigenvalue weighted by molar-refractivity contribution is -0.138. The third kappa shape index (κ3) is 9.10. The molecule has 0 aromatic heterocycles. The lowest BCUT2D eigenvalue weighted by atomic mass is 9.95. The van der Waals surface area contributed by atoms with Crippen molar-refractivity contribution in [3.63, 3.8) is 0 Å². The highest BCUT2D eigenvalue weighted by Crippen LogP contribution is 2.29. The van der Waals surface area contributed by atoms with Crippen molar-refractivity contribution < 1.29 is 55.3 Å². The molecule has 0 spiro atoms. The van der Waals surface area contributed by atoms with Crippen molar-refractivity contribution >= 4 is 23.7 Å². The Morgan fingerprint density at radius 2 is 1.38 bits per heavy atom. The van der Waals surface area contributed by atoms with Crippen LogP contribution in [0.25, 0.3) is 0 Å². The van der Waals surface area contributed by atoms with Gasteiger partial charge in [-0.3, -0.25) is 24.1 Å². The maximum Gasteiger partial charge on any atom is 0.313 e. The number of nitrogens with zero attached hydrogens (tertiary/aromatic N) is 1. The van der Waals surface area contributed by atoms with Crippen molar-refractivity contribution in [3.05, 3.63) is 41.2 Å². The molecule has 0 radical (unpaired) electrons. The lowest BCUT2D eigenvalue weighted by Crippen LogP contribution is -2.43. The molecule has 1 aromatic carbocycles. The van der Waals surface area contributed by atoms with E-state index >= 15 is 0 Å². The number of nitrogens with one attached hydrogen (secondary N) is 1. The first-order chi connectivity index (χ1) is 18.0. The van der Waals surface area contributed by atoms with E-state index in [1.54, 1.807) is 27.7 Å². The Labute approximate surface area is 221 Å². The average Bonchev–Trinajstić information content (AvgIpc) is 3.20. The molecule has 0 atom stereocenters. The Kier molecular flexibility index (Phi) is 10.7. The van der Waals surface area contributed by atoms with E-state index in [9.17, 15) is 41.1 Å². The highest BCUT2D eigenvalue weighted by atomic mass is 19.2. The van der Waals surface area contributed by atoms with Gasteiger partial charge < -0.3 is 19.5 Å². The average molecular weight is 565 g/mol. The van der Waals surface area contributed by atoms with Crippen molar-refractivity contribution in [2.24, 2.45) is 5.41 Å². The third-order valence-electron chi connectivity index (χ3n) is 5.36. The van der Waals surface area contributed by atoms with Crippen LogP contribution in [0, 0.1) is 34.5 Å². The van der Waals surface area contributed by atoms with E-state index in [-0.39, 0.29) is 45.2 Å². The van der Waals surface area contributed by atoms with Gasteiger partial charge in [-0.1, -0.05) is 13.8 Å². The molecule has 1 heterocycles. The number of hydrogen-bond acceptors (Lipinski definition) is 7. The predicted molar refractivity (Wildman–Crippen MR) is 125 cm³/mol. The molecule has 1 aromatic rings. The van der Waals surface area contributed by atoms with Crippen LogP contribution in [0.4, 0.5) is 22.0 Å². The van der Waals surface area contributed by atoms with Crippen LogP contribution in [0.2, 0.25) is 0 Å². The zero-order chi connectivity index (χ0) is 29.5. The predicted octanol–water partition coefficient (Wildman–Crippen LogP) is 2.95. The minimum Gasteiger partial charge on any atom is -0.420 e. The maximum absolute atomic E-state index is 13.6. The van der Waals surface area contributed by atoms with Crippen LogP contribution in [-0.4, -0.2) is 67.1 Å². The smallest absolute Gasteiger partial charge is 0.313 e. The molecule has 9 nitrogen and oxygen atoms in total. The molecule has 1 N–H and O–H groups in total. The first-order valence-electron chi connectivity index (χ1n) is 11.8. The third-order valence-corrected chi connectivity index (χ3v) is 5.36. The lowest BCUT2D eigenvalue weighted by Gasteiger charge is -2.32. The second-order valence-electron chi connectivity index (χ2n) is 10.1. The van der Waals surface area contributed by atoms with Gasteiger partial charge in [0.25, 0.3) is 11.8 Å². The number of amides is 3. The summed E-state index contributed by atoms with van der Waals surface area (Å²) in [7, 11) is 0. The van der Waals surface area contributed by atoms with Gasteiger partial charge in [-0.05, 0) is 13.8 Å². The van der Waals surface area contributed by atoms with Crippen molar-refractivity contribution in [1.82, 2.24) is 10.2 Å². The summed E-state index contributed by atoms with van der Waals surface area (Å²) in [5.74, 6) is -15.6. The summed E-state index contributed by atoms with van der Waals surface area (Å²) in [6, 6.07) is 0. The molecular formula is C25H29F5N2O7. The van der Waals surface area contributed by atoms with Crippen LogP contribution in [-0.2, 0) is 28.7 Å². The van der Waals surface area contributed by atoms with Gasteiger partial charge in [-0.25, -0.2) is 13.2 Å². The normalized spacial score (nSPS) is 13.8. The zero-order valence-corrected chi connectivity index (χ0v) is 21.8. The Bertz CT molecular complexity index is 1110. The maximum atomic E-state index is 13.6. The van der Waals surface area contributed by atoms with E-state index in [1.165, 1.54) is 0 Å². The van der Waals surface area contributed by atoms with Crippen LogP contribution in [0.15, 0.2) is 12.2 Å². The number of carbonyl (C=O) groups is 4. The fourth-order valence-corrected chi connectivity index (χ4v) is 3.09. The summed E-state index contributed by atoms with van der Waals surface area (Å²) in [5.41, 5.74) is -1.39. The number of imide groups is 1. The molecule has 0 aliphatic carbocycles. The van der Waals surface area contributed by atoms with Crippen molar-refractivity contribution in [1.29, 1.82) is 0 Å². The van der Waals surface area contributed by atoms with E-state index < -0.39 is 70.1 Å². The molecule has 0 fully saturated rings. The van der Waals surface area contributed by atoms with Gasteiger partial charge >= 0.3 is 5.97 Å². The minimum absolute atomic E-state index is 0.0444. The van der Waals surface area contributed by atoms with Gasteiger partial charge in [0.05, 0.1) is 31.8 Å². The Hall–Kier alpha value is -3.39. The molecule has 14 heteroatoms. The molecule has 0 unspecified atom stereocenters. The van der Waals surface area contributed by atoms with Crippen molar-refractivity contribution in [2.45, 2.75) is 46.1 Å². The van der Waals surface area contributed by atoms with Gasteiger partial charge in [0.15, 0.2) is 0 Å². The summed E-state index contributed by atoms with van der Waals surface area (Å²) in [4.78, 5) is 47.9. The molecular weight excluding hydrogens is 535 g/mol. The zero-order valence-electron chi connectivity index (χ0n) is 21.8. The van der Waals surface area contributed by atoms with E-state index in [4.69, 9.17) is 9.47 Å². The molecule has 0 bridgehead atoms. The largest absolute Gasteiger partial charge is 0.420 e. The van der Waals surface area contributed by atoms with Gasteiger partial charge in [0.1, 0.15) is 0 Å². The molecule has 0 saturated heterocycles. The molecule has 2 rings (SSSR count). The monoisotopic (exact) mass is 564 g/mol. The number of carbonyl (C=O) groups excluding carboxylic acids is 4. The summed E-state index contributed by atoms with van der Waals surface area (Å²) in [6.45, 7) is 7.08. The fourth-order valence-electron chi connectivity index (χ4n) is 3.09. The van der Waals surface area contributed by atoms with Gasteiger partial charge in [-0.2, -0.15) is 8.78 Å². The Morgan fingerprint density at radius 3 is 1.95 bits per heavy atom. The van der Waals surface area contributed by atoms with Crippen molar-refractivity contribution in [3.8, 4) is 5.75 Å². The van der Waals surface area contributed by atoms with E-state index in [1.807, 2.05) is 0 Å². The van der Waals surface area contributed by atoms with E-state index in [0.29, 0.717) is 0 Å². The van der Waals surface area contributed by atoms with Crippen molar-refractivity contribution in [2.75, 3.05) is 32.9 Å². The number of ether oxygens (including phenoxy) is 3. The van der Waals surface area contributed by atoms with E-state index in [0.717, 1.165) is 17.1 Å². The molecule has 216 valence electrons. The van der Waals surface area contributed by atoms with Gasteiger partial charge in [0, 0.05) is 37.1 Å². The first-order valence-corrected chi connectivity index (χ1v) is 11.8. The number of esters is 1. The van der Waals surface area contributed by atoms with Crippen LogP contribution in [0.5, 0.6) is 5.75 Å². The topological polar surface area (TPSA) is 111 Å². The number of hydrogen-bond donors (Lipinski definition) is 1. The number of halogens is 5. The summed E-state index contributed by atoms with van der Waals surface area (Å²) >= 11 is 0. The summed E-state index contributed by atoms with van der Waals surface area (Å²) < 4.78 is 82.3. The Morgan fingerprint density at radius 1 is 0.846 bits per heavy atom. The molecule has 1 aliphatic rings. The van der Waals surface area contributed by atoms with Gasteiger partial charge in [0.2, 0.25) is 40.7 Å². The quantitative estimate of drug-likeness (QED) is 0.0704. The second-order valence-corrected chi connectivity index (χ2v) is 10.1. The fraction of sp³-hybridized carbons (Fsp3) is 0.520. The van der Waals surface area contributed by atoms with Gasteiger partial charge in [-0.15, -0.1) is 0 Å². The molecule has 39 heavy (non-hydrogen) atoms. The molecule has 1 aliphatic heterocycles. The first kappa shape index (κ1) is 31.8. The van der Waals surface area contributed by atoms with Crippen LogP contribution in [0.3, 0.4) is 0 Å². The molecule has 0 saturated carbocycles. The summed E-state index contributed by atoms with van der Waals surface area (Å²) in [5, 5.41) is 2.68. The van der Waals surface area contributed by atoms with Crippen LogP contribution < -0.4 is 10.1 Å². The standard InChI is InChI=1S/C25H29F5N2O7/c1-24(2,12-37-10-8-17(36)39-23-21(29)19(27)18(26)20(28)22(23)30)13-38-25(3,4)11-31-14(33)7-9-32-15(34)5-6-16(32)35/h5-6H,7-13H2,1-4H3,(H,31,33). The second kappa shape index (κ2) is 13.1. The van der Waals surface area contributed by atoms with Crippen LogP contribution >= 0.6 is 0 Å². The highest BCUT2D eigenvalue weighted by Gasteiger charge is 2.29. The number of rotatable bonds is 14. The van der Waals surface area contributed by atoms with Crippen LogP contribution in [0.1, 0.15) is 40.5 Å². The minimum atomic E-state index is -2.37. The Balaban J connectivity index is 1.70. The summed E-state index contributed by atoms with van der Waals surface area (Å²) in [6.07, 6.45) is 1.67.